The summed E-state index contributed by atoms with van der Waals surface area (Å²) >= 11 is 5.75. The number of nitrogens with zero attached hydrogens (tertiary/aromatic N) is 4. The summed E-state index contributed by atoms with van der Waals surface area (Å²) in [7, 11) is 0. The molecule has 0 bridgehead atoms. The van der Waals surface area contributed by atoms with Gasteiger partial charge in [-0.2, -0.15) is 15.3 Å². The van der Waals surface area contributed by atoms with Gasteiger partial charge in [-0.15, -0.1) is 5.10 Å². The lowest BCUT2D eigenvalue weighted by molar-refractivity contribution is 0.628. The molecule has 8 heteroatoms. The molecule has 0 aliphatic rings. The van der Waals surface area contributed by atoms with Crippen LogP contribution in [0.4, 0.5) is 27.5 Å². The standard InChI is InChI=1S/C16H10ClFN6/c17-13-7-12(4-5-14(13)18)21-15-9-20-24-16(23-15)22-11-3-1-2-10(6-11)8-19/h1-7,9H,(H2,21,22,23,24). The molecule has 2 aromatic carbocycles. The van der Waals surface area contributed by atoms with Gasteiger partial charge >= 0.3 is 0 Å². The van der Waals surface area contributed by atoms with Gasteiger partial charge in [0.2, 0.25) is 5.95 Å². The Hall–Kier alpha value is -3.24. The van der Waals surface area contributed by atoms with E-state index in [0.717, 1.165) is 0 Å². The molecule has 24 heavy (non-hydrogen) atoms. The second-order valence-electron chi connectivity index (χ2n) is 4.74. The van der Waals surface area contributed by atoms with E-state index in [1.165, 1.54) is 24.4 Å². The molecular formula is C16H10ClFN6. The maximum atomic E-state index is 13.2. The number of rotatable bonds is 4. The van der Waals surface area contributed by atoms with Crippen molar-refractivity contribution in [2.75, 3.05) is 10.6 Å². The summed E-state index contributed by atoms with van der Waals surface area (Å²) in [5, 5.41) is 22.6. The summed E-state index contributed by atoms with van der Waals surface area (Å²) in [5.41, 5.74) is 1.75. The third-order valence-corrected chi connectivity index (χ3v) is 3.29. The van der Waals surface area contributed by atoms with E-state index < -0.39 is 5.82 Å². The predicted octanol–water partition coefficient (Wildman–Crippen LogP) is 4.02. The summed E-state index contributed by atoms with van der Waals surface area (Å²) in [5.74, 6) is 0.165. The van der Waals surface area contributed by atoms with Crippen molar-refractivity contribution in [3.05, 3.63) is 65.1 Å². The lowest BCUT2D eigenvalue weighted by atomic mass is 10.2. The van der Waals surface area contributed by atoms with E-state index in [4.69, 9.17) is 16.9 Å². The van der Waals surface area contributed by atoms with Crippen molar-refractivity contribution in [2.45, 2.75) is 0 Å². The maximum Gasteiger partial charge on any atom is 0.249 e. The van der Waals surface area contributed by atoms with E-state index >= 15 is 0 Å². The normalized spacial score (nSPS) is 10.0. The Morgan fingerprint density at radius 2 is 1.92 bits per heavy atom. The molecule has 1 aromatic heterocycles. The second kappa shape index (κ2) is 6.89. The first-order chi connectivity index (χ1) is 11.6. The van der Waals surface area contributed by atoms with E-state index in [-0.39, 0.29) is 11.0 Å². The van der Waals surface area contributed by atoms with Crippen LogP contribution in [0.1, 0.15) is 5.56 Å². The van der Waals surface area contributed by atoms with Crippen molar-refractivity contribution in [1.82, 2.24) is 15.2 Å². The van der Waals surface area contributed by atoms with Gasteiger partial charge < -0.3 is 10.6 Å². The molecule has 0 aliphatic heterocycles. The predicted molar refractivity (Wildman–Crippen MR) is 89.0 cm³/mol. The fraction of sp³-hybridized carbons (Fsp3) is 0. The number of aromatic nitrogens is 3. The van der Waals surface area contributed by atoms with Crippen LogP contribution >= 0.6 is 11.6 Å². The summed E-state index contributed by atoms with van der Waals surface area (Å²) < 4.78 is 13.2. The SMILES string of the molecule is N#Cc1cccc(Nc2nncc(Nc3ccc(F)c(Cl)c3)n2)c1. The van der Waals surface area contributed by atoms with Gasteiger partial charge in [-0.25, -0.2) is 4.39 Å². The lowest BCUT2D eigenvalue weighted by Crippen LogP contribution is -2.02. The summed E-state index contributed by atoms with van der Waals surface area (Å²) in [6.45, 7) is 0. The average molecular weight is 341 g/mol. The van der Waals surface area contributed by atoms with Gasteiger partial charge in [-0.05, 0) is 36.4 Å². The molecule has 0 fully saturated rings. The Labute approximate surface area is 141 Å². The minimum absolute atomic E-state index is 0.00804. The minimum atomic E-state index is -0.497. The Kier molecular flexibility index (Phi) is 4.50. The number of benzene rings is 2. The van der Waals surface area contributed by atoms with Crippen molar-refractivity contribution in [2.24, 2.45) is 0 Å². The van der Waals surface area contributed by atoms with Crippen LogP contribution in [-0.2, 0) is 0 Å². The van der Waals surface area contributed by atoms with Crippen molar-refractivity contribution in [3.8, 4) is 6.07 Å². The molecule has 3 aromatic rings. The molecule has 2 N–H and O–H groups in total. The van der Waals surface area contributed by atoms with Gasteiger partial charge in [0.05, 0.1) is 22.9 Å². The maximum absolute atomic E-state index is 13.2. The molecule has 0 saturated heterocycles. The Morgan fingerprint density at radius 3 is 2.71 bits per heavy atom. The van der Waals surface area contributed by atoms with Crippen LogP contribution in [0, 0.1) is 17.1 Å². The highest BCUT2D eigenvalue weighted by atomic mass is 35.5. The Bertz CT molecular complexity index is 924. The number of hydrogen-bond donors (Lipinski definition) is 2. The number of halogens is 2. The highest BCUT2D eigenvalue weighted by Gasteiger charge is 2.05. The van der Waals surface area contributed by atoms with Crippen LogP contribution in [0.25, 0.3) is 0 Å². The highest BCUT2D eigenvalue weighted by Crippen LogP contribution is 2.22. The third kappa shape index (κ3) is 3.74. The van der Waals surface area contributed by atoms with Crippen molar-refractivity contribution in [3.63, 3.8) is 0 Å². The van der Waals surface area contributed by atoms with E-state index in [1.807, 2.05) is 0 Å². The number of nitrogens with one attached hydrogen (secondary N) is 2. The molecule has 0 aliphatic carbocycles. The molecule has 3 rings (SSSR count). The molecule has 0 spiro atoms. The molecule has 1 heterocycles. The van der Waals surface area contributed by atoms with Gasteiger partial charge in [0.15, 0.2) is 5.82 Å². The van der Waals surface area contributed by atoms with Crippen molar-refractivity contribution in [1.29, 1.82) is 5.26 Å². The van der Waals surface area contributed by atoms with Gasteiger partial charge in [0.25, 0.3) is 0 Å². The molecule has 0 saturated carbocycles. The van der Waals surface area contributed by atoms with Crippen LogP contribution in [0.3, 0.4) is 0 Å². The fourth-order valence-corrected chi connectivity index (χ4v) is 2.11. The van der Waals surface area contributed by atoms with E-state index in [1.54, 1.807) is 24.3 Å². The third-order valence-electron chi connectivity index (χ3n) is 3.00. The lowest BCUT2D eigenvalue weighted by Gasteiger charge is -2.08. The molecule has 6 nitrogen and oxygen atoms in total. The van der Waals surface area contributed by atoms with Gasteiger partial charge in [0, 0.05) is 11.4 Å². The largest absolute Gasteiger partial charge is 0.339 e. The summed E-state index contributed by atoms with van der Waals surface area (Å²) in [4.78, 5) is 4.26. The second-order valence-corrected chi connectivity index (χ2v) is 5.14. The Morgan fingerprint density at radius 1 is 1.08 bits per heavy atom. The highest BCUT2D eigenvalue weighted by molar-refractivity contribution is 6.31. The first-order valence-corrected chi connectivity index (χ1v) is 7.21. The van der Waals surface area contributed by atoms with E-state index in [9.17, 15) is 4.39 Å². The quantitative estimate of drug-likeness (QED) is 0.746. The average Bonchev–Trinajstić information content (AvgIpc) is 2.59. The zero-order valence-corrected chi connectivity index (χ0v) is 12.9. The van der Waals surface area contributed by atoms with Gasteiger partial charge in [-0.3, -0.25) is 0 Å². The van der Waals surface area contributed by atoms with E-state index in [0.29, 0.717) is 22.8 Å². The monoisotopic (exact) mass is 340 g/mol. The van der Waals surface area contributed by atoms with Crippen LogP contribution in [0.2, 0.25) is 5.02 Å². The number of hydrogen-bond acceptors (Lipinski definition) is 6. The van der Waals surface area contributed by atoms with Gasteiger partial charge in [0.1, 0.15) is 5.82 Å². The Balaban J connectivity index is 1.78. The van der Waals surface area contributed by atoms with E-state index in [2.05, 4.69) is 31.9 Å². The smallest absolute Gasteiger partial charge is 0.249 e. The minimum Gasteiger partial charge on any atom is -0.339 e. The van der Waals surface area contributed by atoms with Crippen molar-refractivity contribution >= 4 is 34.7 Å². The fourth-order valence-electron chi connectivity index (χ4n) is 1.93. The molecule has 0 unspecified atom stereocenters. The zero-order valence-electron chi connectivity index (χ0n) is 12.2. The van der Waals surface area contributed by atoms with Crippen LogP contribution in [0.5, 0.6) is 0 Å². The molecule has 118 valence electrons. The van der Waals surface area contributed by atoms with Crippen LogP contribution < -0.4 is 10.6 Å². The molecule has 0 radical (unpaired) electrons. The number of anilines is 4. The first-order valence-electron chi connectivity index (χ1n) is 6.83. The summed E-state index contributed by atoms with van der Waals surface area (Å²) in [6, 6.07) is 13.2. The molecule has 0 atom stereocenters. The summed E-state index contributed by atoms with van der Waals surface area (Å²) in [6.07, 6.45) is 1.42. The number of nitriles is 1. The van der Waals surface area contributed by atoms with Gasteiger partial charge in [-0.1, -0.05) is 17.7 Å². The van der Waals surface area contributed by atoms with Crippen molar-refractivity contribution < 1.29 is 4.39 Å². The van der Waals surface area contributed by atoms with Crippen LogP contribution in [0.15, 0.2) is 48.7 Å². The molecular weight excluding hydrogens is 331 g/mol. The van der Waals surface area contributed by atoms with Crippen LogP contribution in [-0.4, -0.2) is 15.2 Å². The zero-order chi connectivity index (χ0) is 16.9. The first kappa shape index (κ1) is 15.6. The topological polar surface area (TPSA) is 86.5 Å². The molecule has 0 amide bonds.